The number of hydrogen-bond donors (Lipinski definition) is 0. The fourth-order valence-electron chi connectivity index (χ4n) is 4.70. The molecule has 168 valence electrons. The third kappa shape index (κ3) is 5.32. The number of methoxy groups -OCH3 is 3. The third-order valence-electron chi connectivity index (χ3n) is 6.40. The Kier molecular flexibility index (Phi) is 7.00. The van der Waals surface area contributed by atoms with Gasteiger partial charge in [-0.3, -0.25) is 4.90 Å². The molecule has 6 nitrogen and oxygen atoms in total. The zero-order valence-electron chi connectivity index (χ0n) is 18.9. The fourth-order valence-corrected chi connectivity index (χ4v) is 4.70. The molecular weight excluding hydrogens is 392 g/mol. The first kappa shape index (κ1) is 21.9. The Bertz CT molecular complexity index is 842. The van der Waals surface area contributed by atoms with E-state index in [0.29, 0.717) is 0 Å². The molecule has 1 fully saturated rings. The summed E-state index contributed by atoms with van der Waals surface area (Å²) >= 11 is 0. The second-order valence-corrected chi connectivity index (χ2v) is 8.59. The van der Waals surface area contributed by atoms with E-state index in [-0.39, 0.29) is 5.60 Å². The first-order valence-electron chi connectivity index (χ1n) is 11.1. The first-order valence-corrected chi connectivity index (χ1v) is 11.1. The fraction of sp³-hybridized carbons (Fsp3) is 0.520. The molecule has 2 heterocycles. The average molecular weight is 427 g/mol. The van der Waals surface area contributed by atoms with Gasteiger partial charge < -0.3 is 23.8 Å². The van der Waals surface area contributed by atoms with Gasteiger partial charge in [0.2, 0.25) is 0 Å². The Morgan fingerprint density at radius 2 is 1.65 bits per heavy atom. The monoisotopic (exact) mass is 426 g/mol. The van der Waals surface area contributed by atoms with Gasteiger partial charge in [0.15, 0.2) is 0 Å². The summed E-state index contributed by atoms with van der Waals surface area (Å²) in [5.74, 6) is 2.67. The molecule has 1 spiro atoms. The van der Waals surface area contributed by atoms with Gasteiger partial charge in [0.05, 0.1) is 20.8 Å². The summed E-state index contributed by atoms with van der Waals surface area (Å²) in [4.78, 5) is 4.98. The lowest BCUT2D eigenvalue weighted by Crippen LogP contribution is -2.53. The highest BCUT2D eigenvalue weighted by atomic mass is 16.5. The van der Waals surface area contributed by atoms with E-state index >= 15 is 0 Å². The molecule has 2 aromatic rings. The van der Waals surface area contributed by atoms with Crippen LogP contribution in [-0.4, -0.2) is 69.5 Å². The molecule has 2 aliphatic heterocycles. The number of hydrogen-bond acceptors (Lipinski definition) is 6. The van der Waals surface area contributed by atoms with Gasteiger partial charge in [-0.25, -0.2) is 0 Å². The number of piperidine rings is 1. The molecule has 2 aliphatic rings. The van der Waals surface area contributed by atoms with Crippen molar-refractivity contribution in [1.29, 1.82) is 0 Å². The van der Waals surface area contributed by atoms with Crippen LogP contribution in [0.4, 0.5) is 0 Å². The maximum absolute atomic E-state index is 6.75. The van der Waals surface area contributed by atoms with Gasteiger partial charge in [0.1, 0.15) is 22.8 Å². The number of fused-ring (bicyclic) bond motifs is 1. The van der Waals surface area contributed by atoms with Crippen LogP contribution in [-0.2, 0) is 17.8 Å². The van der Waals surface area contributed by atoms with Crippen LogP contribution >= 0.6 is 0 Å². The van der Waals surface area contributed by atoms with Crippen LogP contribution in [0.1, 0.15) is 24.0 Å². The lowest BCUT2D eigenvalue weighted by Gasteiger charge is -2.43. The minimum absolute atomic E-state index is 0.168. The lowest BCUT2D eigenvalue weighted by atomic mass is 9.90. The highest BCUT2D eigenvalue weighted by molar-refractivity contribution is 5.39. The van der Waals surface area contributed by atoms with E-state index in [2.05, 4.69) is 46.2 Å². The molecule has 0 amide bonds. The Morgan fingerprint density at radius 1 is 0.935 bits per heavy atom. The zero-order chi connectivity index (χ0) is 21.7. The summed E-state index contributed by atoms with van der Waals surface area (Å²) in [6.07, 6.45) is 2.03. The molecule has 0 atom stereocenters. The van der Waals surface area contributed by atoms with Crippen LogP contribution in [0.5, 0.6) is 17.2 Å². The van der Waals surface area contributed by atoms with Crippen LogP contribution in [0, 0.1) is 0 Å². The van der Waals surface area contributed by atoms with Gasteiger partial charge in [0.25, 0.3) is 0 Å². The Morgan fingerprint density at radius 3 is 2.32 bits per heavy atom. The second kappa shape index (κ2) is 9.90. The van der Waals surface area contributed by atoms with Crippen molar-refractivity contribution in [3.8, 4) is 17.2 Å². The van der Waals surface area contributed by atoms with Crippen LogP contribution < -0.4 is 14.2 Å². The molecule has 0 radical (unpaired) electrons. The molecule has 0 saturated carbocycles. The summed E-state index contributed by atoms with van der Waals surface area (Å²) in [6.45, 7) is 6.42. The van der Waals surface area contributed by atoms with Crippen molar-refractivity contribution in [3.63, 3.8) is 0 Å². The Labute approximate surface area is 185 Å². The molecule has 1 saturated heterocycles. The predicted octanol–water partition coefficient (Wildman–Crippen LogP) is 3.58. The normalized spacial score (nSPS) is 18.8. The van der Waals surface area contributed by atoms with Crippen molar-refractivity contribution in [1.82, 2.24) is 9.80 Å². The van der Waals surface area contributed by atoms with Crippen molar-refractivity contribution in [2.24, 2.45) is 0 Å². The number of nitrogens with zero attached hydrogens (tertiary/aromatic N) is 2. The molecule has 4 rings (SSSR count). The van der Waals surface area contributed by atoms with Crippen LogP contribution in [0.25, 0.3) is 0 Å². The van der Waals surface area contributed by atoms with Gasteiger partial charge in [0, 0.05) is 70.8 Å². The largest absolute Gasteiger partial charge is 0.497 e. The summed E-state index contributed by atoms with van der Waals surface area (Å²) in [6, 6.07) is 14.6. The van der Waals surface area contributed by atoms with Crippen molar-refractivity contribution in [3.05, 3.63) is 53.6 Å². The number of rotatable bonds is 7. The van der Waals surface area contributed by atoms with E-state index in [1.54, 1.807) is 21.3 Å². The quantitative estimate of drug-likeness (QED) is 0.674. The average Bonchev–Trinajstić information content (AvgIpc) is 2.94. The maximum Gasteiger partial charge on any atom is 0.124 e. The minimum Gasteiger partial charge on any atom is -0.497 e. The van der Waals surface area contributed by atoms with Gasteiger partial charge >= 0.3 is 0 Å². The Hall–Kier alpha value is -2.28. The van der Waals surface area contributed by atoms with Crippen molar-refractivity contribution >= 4 is 0 Å². The molecule has 0 N–H and O–H groups in total. The van der Waals surface area contributed by atoms with Crippen molar-refractivity contribution < 1.29 is 18.9 Å². The third-order valence-corrected chi connectivity index (χ3v) is 6.40. The topological polar surface area (TPSA) is 43.4 Å². The van der Waals surface area contributed by atoms with E-state index < -0.39 is 0 Å². The van der Waals surface area contributed by atoms with Crippen molar-refractivity contribution in [2.75, 3.05) is 54.1 Å². The smallest absolute Gasteiger partial charge is 0.124 e. The second-order valence-electron chi connectivity index (χ2n) is 8.59. The number of likely N-dealkylation sites (tertiary alicyclic amines) is 1. The molecule has 0 aromatic heterocycles. The summed E-state index contributed by atoms with van der Waals surface area (Å²) in [7, 11) is 5.16. The van der Waals surface area contributed by atoms with E-state index in [9.17, 15) is 0 Å². The van der Waals surface area contributed by atoms with E-state index in [0.717, 1.165) is 76.0 Å². The number of ether oxygens (including phenoxy) is 4. The molecule has 0 aliphatic carbocycles. The summed E-state index contributed by atoms with van der Waals surface area (Å²) < 4.78 is 23.0. The van der Waals surface area contributed by atoms with Gasteiger partial charge in [-0.05, 0) is 23.8 Å². The summed E-state index contributed by atoms with van der Waals surface area (Å²) in [5, 5.41) is 0. The zero-order valence-corrected chi connectivity index (χ0v) is 18.9. The first-order chi connectivity index (χ1) is 15.1. The highest BCUT2D eigenvalue weighted by Gasteiger charge is 2.40. The summed E-state index contributed by atoms with van der Waals surface area (Å²) in [5.41, 5.74) is 2.26. The lowest BCUT2D eigenvalue weighted by molar-refractivity contribution is -0.0233. The number of para-hydroxylation sites is 1. The van der Waals surface area contributed by atoms with Crippen LogP contribution in [0.2, 0.25) is 0 Å². The van der Waals surface area contributed by atoms with Crippen LogP contribution in [0.15, 0.2) is 42.5 Å². The molecular formula is C25H34N2O4. The maximum atomic E-state index is 6.75. The van der Waals surface area contributed by atoms with E-state index in [1.165, 1.54) is 11.1 Å². The Balaban J connectivity index is 1.56. The number of benzene rings is 2. The standard InChI is InChI=1S/C25H34N2O4/c1-28-13-12-26-10-8-25(9-11-26)19-27(18-21-6-4-5-7-24(21)31-25)17-20-14-22(29-2)16-23(15-20)30-3/h4-7,14-16H,8-13,17-19H2,1-3H3. The van der Waals surface area contributed by atoms with Crippen LogP contribution in [0.3, 0.4) is 0 Å². The van der Waals surface area contributed by atoms with E-state index in [4.69, 9.17) is 18.9 Å². The molecule has 0 unspecified atom stereocenters. The minimum atomic E-state index is -0.168. The van der Waals surface area contributed by atoms with Gasteiger partial charge in [-0.15, -0.1) is 0 Å². The van der Waals surface area contributed by atoms with E-state index in [1.807, 2.05) is 6.07 Å². The van der Waals surface area contributed by atoms with Gasteiger partial charge in [-0.2, -0.15) is 0 Å². The molecule has 6 heteroatoms. The highest BCUT2D eigenvalue weighted by Crippen LogP contribution is 2.36. The van der Waals surface area contributed by atoms with Gasteiger partial charge in [-0.1, -0.05) is 18.2 Å². The molecule has 31 heavy (non-hydrogen) atoms. The predicted molar refractivity (Wildman–Crippen MR) is 121 cm³/mol. The van der Waals surface area contributed by atoms with Crippen molar-refractivity contribution in [2.45, 2.75) is 31.5 Å². The SMILES string of the molecule is COCCN1CCC2(CC1)CN(Cc1cc(OC)cc(OC)c1)Cc1ccccc1O2. The molecule has 0 bridgehead atoms. The molecule has 2 aromatic carbocycles.